The van der Waals surface area contributed by atoms with Crippen LogP contribution in [0.5, 0.6) is 0 Å². The third kappa shape index (κ3) is 3.15. The van der Waals surface area contributed by atoms with Crippen LogP contribution in [0, 0.1) is 0 Å². The van der Waals surface area contributed by atoms with Crippen LogP contribution in [-0.2, 0) is 6.54 Å². The van der Waals surface area contributed by atoms with E-state index in [0.29, 0.717) is 17.8 Å². The Morgan fingerprint density at radius 1 is 1.19 bits per heavy atom. The van der Waals surface area contributed by atoms with Gasteiger partial charge in [0.15, 0.2) is 5.65 Å². The van der Waals surface area contributed by atoms with Crippen LogP contribution in [0.3, 0.4) is 0 Å². The molecule has 0 spiro atoms. The normalized spacial score (nSPS) is 11.0. The lowest BCUT2D eigenvalue weighted by atomic mass is 10.1. The summed E-state index contributed by atoms with van der Waals surface area (Å²) in [5.74, 6) is -0.0952. The summed E-state index contributed by atoms with van der Waals surface area (Å²) in [4.78, 5) is 20.1. The third-order valence-corrected chi connectivity index (χ3v) is 5.68. The van der Waals surface area contributed by atoms with Gasteiger partial charge in [0.25, 0.3) is 5.91 Å². The molecule has 4 aromatic rings. The maximum absolute atomic E-state index is 12.9. The van der Waals surface area contributed by atoms with E-state index in [1.807, 2.05) is 48.5 Å². The van der Waals surface area contributed by atoms with E-state index < -0.39 is 0 Å². The molecule has 0 saturated heterocycles. The summed E-state index contributed by atoms with van der Waals surface area (Å²) in [6, 6.07) is 15.8. The van der Waals surface area contributed by atoms with Crippen molar-refractivity contribution >= 4 is 38.8 Å². The molecule has 1 amide bonds. The topological polar surface area (TPSA) is 50.5 Å². The molecule has 0 radical (unpaired) electrons. The van der Waals surface area contributed by atoms with Gasteiger partial charge >= 0.3 is 0 Å². The quantitative estimate of drug-likeness (QED) is 0.482. The van der Waals surface area contributed by atoms with Gasteiger partial charge in [0.1, 0.15) is 5.56 Å². The highest BCUT2D eigenvalue weighted by Gasteiger charge is 2.20. The van der Waals surface area contributed by atoms with Gasteiger partial charge in [-0.1, -0.05) is 30.3 Å². The highest BCUT2D eigenvalue weighted by molar-refractivity contribution is 9.11. The predicted molar refractivity (Wildman–Crippen MR) is 106 cm³/mol. The van der Waals surface area contributed by atoms with Crippen molar-refractivity contribution in [3.05, 3.63) is 75.2 Å². The van der Waals surface area contributed by atoms with Gasteiger partial charge in [0, 0.05) is 23.7 Å². The predicted octanol–water partition coefficient (Wildman–Crippen LogP) is 4.49. The number of rotatable bonds is 4. The minimum absolute atomic E-state index is 0.0952. The highest BCUT2D eigenvalue weighted by atomic mass is 79.9. The number of fused-ring (bicyclic) bond motifs is 1. The van der Waals surface area contributed by atoms with Gasteiger partial charge in [-0.15, -0.1) is 11.3 Å². The van der Waals surface area contributed by atoms with E-state index >= 15 is 0 Å². The molecule has 1 aromatic carbocycles. The van der Waals surface area contributed by atoms with E-state index in [1.165, 1.54) is 0 Å². The van der Waals surface area contributed by atoms with E-state index in [4.69, 9.17) is 0 Å². The van der Waals surface area contributed by atoms with Gasteiger partial charge < -0.3 is 4.90 Å². The Kier molecular flexibility index (Phi) is 4.57. The molecule has 0 N–H and O–H groups in total. The summed E-state index contributed by atoms with van der Waals surface area (Å²) < 4.78 is 2.77. The zero-order valence-electron chi connectivity index (χ0n) is 14.0. The first-order valence-electron chi connectivity index (χ1n) is 8.01. The van der Waals surface area contributed by atoms with Crippen LogP contribution < -0.4 is 0 Å². The number of hydrogen-bond donors (Lipinski definition) is 0. The number of halogens is 1. The van der Waals surface area contributed by atoms with Crippen LogP contribution in [0.4, 0.5) is 0 Å². The van der Waals surface area contributed by atoms with Gasteiger partial charge in [-0.2, -0.15) is 5.10 Å². The molecule has 0 atom stereocenters. The van der Waals surface area contributed by atoms with Crippen LogP contribution >= 0.6 is 27.3 Å². The fraction of sp³-hybridized carbons (Fsp3) is 0.105. The monoisotopic (exact) mass is 426 g/mol. The molecule has 0 aliphatic rings. The van der Waals surface area contributed by atoms with E-state index in [0.717, 1.165) is 19.9 Å². The molecule has 130 valence electrons. The standard InChI is InChI=1S/C19H15BrN4OS/c1-23(12-14-7-8-17(20)26-14)19(25)15-11-22-24-16(9-10-21-18(15)24)13-5-3-2-4-6-13/h2-11H,12H2,1H3. The minimum atomic E-state index is -0.0952. The molecule has 26 heavy (non-hydrogen) atoms. The first-order valence-corrected chi connectivity index (χ1v) is 9.62. The molecule has 3 aromatic heterocycles. The van der Waals surface area contributed by atoms with Gasteiger partial charge in [0.2, 0.25) is 0 Å². The Balaban J connectivity index is 1.68. The summed E-state index contributed by atoms with van der Waals surface area (Å²) >= 11 is 5.07. The van der Waals surface area contributed by atoms with Crippen molar-refractivity contribution in [2.24, 2.45) is 0 Å². The van der Waals surface area contributed by atoms with Crippen LogP contribution in [0.2, 0.25) is 0 Å². The summed E-state index contributed by atoms with van der Waals surface area (Å²) in [5, 5.41) is 4.41. The molecule has 0 fully saturated rings. The van der Waals surface area contributed by atoms with E-state index in [2.05, 4.69) is 26.0 Å². The fourth-order valence-corrected chi connectivity index (χ4v) is 4.35. The van der Waals surface area contributed by atoms with Crippen LogP contribution in [0.25, 0.3) is 16.9 Å². The van der Waals surface area contributed by atoms with Gasteiger partial charge in [-0.3, -0.25) is 4.79 Å². The number of thiophene rings is 1. The highest BCUT2D eigenvalue weighted by Crippen LogP contribution is 2.24. The van der Waals surface area contributed by atoms with E-state index in [9.17, 15) is 4.79 Å². The van der Waals surface area contributed by atoms with Crippen LogP contribution in [0.15, 0.2) is 64.7 Å². The van der Waals surface area contributed by atoms with Crippen LogP contribution in [0.1, 0.15) is 15.2 Å². The van der Waals surface area contributed by atoms with Crippen molar-refractivity contribution in [2.75, 3.05) is 7.05 Å². The lowest BCUT2D eigenvalue weighted by molar-refractivity contribution is 0.0788. The lowest BCUT2D eigenvalue weighted by Gasteiger charge is -2.15. The number of aromatic nitrogens is 3. The average Bonchev–Trinajstić information content (AvgIpc) is 3.27. The van der Waals surface area contributed by atoms with Crippen molar-refractivity contribution in [2.45, 2.75) is 6.54 Å². The van der Waals surface area contributed by atoms with Crippen molar-refractivity contribution in [1.82, 2.24) is 19.5 Å². The number of amides is 1. The molecule has 0 bridgehead atoms. The summed E-state index contributed by atoms with van der Waals surface area (Å²) in [5.41, 5.74) is 3.00. The average molecular weight is 427 g/mol. The zero-order chi connectivity index (χ0) is 18.1. The van der Waals surface area contributed by atoms with Crippen molar-refractivity contribution in [3.63, 3.8) is 0 Å². The molecular formula is C19H15BrN4OS. The molecule has 7 heteroatoms. The van der Waals surface area contributed by atoms with Crippen LogP contribution in [-0.4, -0.2) is 32.5 Å². The third-order valence-electron chi connectivity index (χ3n) is 4.07. The zero-order valence-corrected chi connectivity index (χ0v) is 16.4. The number of benzene rings is 1. The molecule has 0 aliphatic carbocycles. The second kappa shape index (κ2) is 7.01. The number of nitrogens with zero attached hydrogens (tertiary/aromatic N) is 4. The maximum atomic E-state index is 12.9. The molecule has 5 nitrogen and oxygen atoms in total. The summed E-state index contributed by atoms with van der Waals surface area (Å²) in [7, 11) is 1.79. The molecule has 4 rings (SSSR count). The lowest BCUT2D eigenvalue weighted by Crippen LogP contribution is -2.25. The van der Waals surface area contributed by atoms with E-state index in [1.54, 1.807) is 40.2 Å². The second-order valence-electron chi connectivity index (χ2n) is 5.86. The summed E-state index contributed by atoms with van der Waals surface area (Å²) in [6.45, 7) is 0.546. The Bertz CT molecular complexity index is 1070. The summed E-state index contributed by atoms with van der Waals surface area (Å²) in [6.07, 6.45) is 3.31. The Morgan fingerprint density at radius 2 is 2.00 bits per heavy atom. The first-order chi connectivity index (χ1) is 12.6. The van der Waals surface area contributed by atoms with Crippen molar-refractivity contribution in [3.8, 4) is 11.3 Å². The van der Waals surface area contributed by atoms with Gasteiger partial charge in [-0.25, -0.2) is 9.50 Å². The molecule has 0 unspecified atom stereocenters. The van der Waals surface area contributed by atoms with E-state index in [-0.39, 0.29) is 5.91 Å². The molecule has 0 aliphatic heterocycles. The SMILES string of the molecule is CN(Cc1ccc(Br)s1)C(=O)c1cnn2c(-c3ccccc3)ccnc12. The molecule has 3 heterocycles. The number of carbonyl (C=O) groups is 1. The van der Waals surface area contributed by atoms with Gasteiger partial charge in [-0.05, 0) is 34.1 Å². The minimum Gasteiger partial charge on any atom is -0.336 e. The number of carbonyl (C=O) groups excluding carboxylic acids is 1. The fourth-order valence-electron chi connectivity index (χ4n) is 2.82. The molecule has 0 saturated carbocycles. The van der Waals surface area contributed by atoms with Crippen molar-refractivity contribution in [1.29, 1.82) is 0 Å². The van der Waals surface area contributed by atoms with Gasteiger partial charge in [0.05, 0.1) is 22.2 Å². The largest absolute Gasteiger partial charge is 0.336 e. The second-order valence-corrected chi connectivity index (χ2v) is 8.40. The molecular weight excluding hydrogens is 412 g/mol. The van der Waals surface area contributed by atoms with Crippen molar-refractivity contribution < 1.29 is 4.79 Å². The first kappa shape index (κ1) is 16.9. The number of hydrogen-bond acceptors (Lipinski definition) is 4. The Hall–Kier alpha value is -2.51. The smallest absolute Gasteiger partial charge is 0.259 e. The Labute approximate surface area is 163 Å². The Morgan fingerprint density at radius 3 is 2.73 bits per heavy atom. The maximum Gasteiger partial charge on any atom is 0.259 e.